The molecule has 256 valence electrons. The molecule has 7 nitrogen and oxygen atoms in total. The summed E-state index contributed by atoms with van der Waals surface area (Å²) in [6.07, 6.45) is -4.63. The third kappa shape index (κ3) is 12.8. The van der Waals surface area contributed by atoms with Crippen LogP contribution in [0.2, 0.25) is 18.1 Å². The maximum absolute atomic E-state index is 13.9. The van der Waals surface area contributed by atoms with E-state index < -0.39 is 37.6 Å². The number of hydrogen-bond donors (Lipinski definition) is 1. The van der Waals surface area contributed by atoms with E-state index in [0.29, 0.717) is 29.9 Å². The lowest BCUT2D eigenvalue weighted by molar-refractivity contribution is -0.140. The number of amides is 1. The summed E-state index contributed by atoms with van der Waals surface area (Å²) < 4.78 is 77.5. The Morgan fingerprint density at radius 1 is 0.935 bits per heavy atom. The zero-order chi connectivity index (χ0) is 34.8. The van der Waals surface area contributed by atoms with Crippen molar-refractivity contribution in [1.82, 2.24) is 4.90 Å². The summed E-state index contributed by atoms with van der Waals surface area (Å²) in [5.41, 5.74) is -1.51. The number of carbonyl (C=O) groups is 1. The number of benzene rings is 2. The molecule has 0 aliphatic heterocycles. The molecular formula is C34H47F4NO6Si. The molecule has 0 atom stereocenters. The fourth-order valence-electron chi connectivity index (χ4n) is 3.80. The molecule has 0 saturated heterocycles. The number of carbonyl (C=O) groups excluding carboxylic acids is 1. The lowest BCUT2D eigenvalue weighted by atomic mass is 10.1. The van der Waals surface area contributed by atoms with E-state index >= 15 is 0 Å². The Morgan fingerprint density at radius 2 is 1.61 bits per heavy atom. The predicted octanol–water partition coefficient (Wildman–Crippen LogP) is 8.34. The number of halogens is 4. The summed E-state index contributed by atoms with van der Waals surface area (Å²) in [6.45, 7) is 16.4. The van der Waals surface area contributed by atoms with E-state index in [2.05, 4.69) is 45.7 Å². The first-order valence-electron chi connectivity index (χ1n) is 15.2. The van der Waals surface area contributed by atoms with Gasteiger partial charge in [-0.05, 0) is 74.8 Å². The van der Waals surface area contributed by atoms with Crippen molar-refractivity contribution in [3.05, 3.63) is 58.9 Å². The van der Waals surface area contributed by atoms with Crippen molar-refractivity contribution >= 4 is 14.4 Å². The van der Waals surface area contributed by atoms with Gasteiger partial charge in [0.2, 0.25) is 0 Å². The second-order valence-electron chi connectivity index (χ2n) is 13.3. The zero-order valence-electron chi connectivity index (χ0n) is 28.1. The second-order valence-corrected chi connectivity index (χ2v) is 18.1. The van der Waals surface area contributed by atoms with Gasteiger partial charge in [-0.25, -0.2) is 9.18 Å². The third-order valence-electron chi connectivity index (χ3n) is 7.26. The van der Waals surface area contributed by atoms with Gasteiger partial charge in [-0.2, -0.15) is 13.2 Å². The third-order valence-corrected chi connectivity index (χ3v) is 11.8. The Labute approximate surface area is 271 Å². The molecule has 0 unspecified atom stereocenters. The number of aliphatic hydroxyl groups excluding tert-OH is 1. The molecule has 2 rings (SSSR count). The van der Waals surface area contributed by atoms with Gasteiger partial charge in [0.15, 0.2) is 8.32 Å². The highest BCUT2D eigenvalue weighted by Gasteiger charge is 2.37. The molecule has 0 aromatic heterocycles. The largest absolute Gasteiger partial charge is 0.493 e. The lowest BCUT2D eigenvalue weighted by Crippen LogP contribution is -2.44. The van der Waals surface area contributed by atoms with Gasteiger partial charge in [0.25, 0.3) is 0 Å². The van der Waals surface area contributed by atoms with Crippen molar-refractivity contribution in [3.63, 3.8) is 0 Å². The van der Waals surface area contributed by atoms with Gasteiger partial charge in [0.05, 0.1) is 31.9 Å². The average molecular weight is 670 g/mol. The molecule has 0 aliphatic rings. The van der Waals surface area contributed by atoms with E-state index in [1.165, 1.54) is 11.0 Å². The van der Waals surface area contributed by atoms with Crippen LogP contribution in [0.25, 0.3) is 0 Å². The summed E-state index contributed by atoms with van der Waals surface area (Å²) >= 11 is 0. The summed E-state index contributed by atoms with van der Waals surface area (Å²) in [6, 6.07) is 7.64. The number of ether oxygens (including phenoxy) is 3. The van der Waals surface area contributed by atoms with Crippen LogP contribution in [0.15, 0.2) is 36.4 Å². The molecule has 0 fully saturated rings. The molecule has 46 heavy (non-hydrogen) atoms. The monoisotopic (exact) mass is 669 g/mol. The van der Waals surface area contributed by atoms with Gasteiger partial charge in [-0.3, -0.25) is 0 Å². The van der Waals surface area contributed by atoms with Crippen LogP contribution in [0, 0.1) is 17.7 Å². The molecule has 12 heteroatoms. The highest BCUT2D eigenvalue weighted by Crippen LogP contribution is 2.37. The number of rotatable bonds is 13. The van der Waals surface area contributed by atoms with Crippen molar-refractivity contribution < 1.29 is 46.1 Å². The standard InChI is InChI=1S/C34H47F4NO6Si/c1-32(2,3)45-31(41)39(17-20-44-46(7,8)33(4,5)6)23-26-22-27(42-19-12-10-9-11-18-40)14-16-30(26)43-24-25-13-15-29(35)28(21-25)34(36,37)38/h13-16,21-22,40H,11-12,17-20,23-24H2,1-8H3. The number of nitrogens with zero attached hydrogens (tertiary/aromatic N) is 1. The Kier molecular flexibility index (Phi) is 14.0. The molecule has 2 aromatic rings. The molecule has 1 N–H and O–H groups in total. The molecular weight excluding hydrogens is 622 g/mol. The van der Waals surface area contributed by atoms with Gasteiger partial charge in [-0.1, -0.05) is 32.8 Å². The molecule has 0 saturated carbocycles. The molecule has 0 aliphatic carbocycles. The van der Waals surface area contributed by atoms with Crippen LogP contribution in [0.5, 0.6) is 11.5 Å². The smallest absolute Gasteiger partial charge is 0.419 e. The zero-order valence-corrected chi connectivity index (χ0v) is 29.1. The quantitative estimate of drug-likeness (QED) is 0.100. The number of aliphatic hydroxyl groups is 1. The molecule has 2 aromatic carbocycles. The predicted molar refractivity (Wildman–Crippen MR) is 172 cm³/mol. The number of alkyl halides is 3. The average Bonchev–Trinajstić information content (AvgIpc) is 2.92. The van der Waals surface area contributed by atoms with Crippen LogP contribution in [0.1, 0.15) is 71.1 Å². The van der Waals surface area contributed by atoms with Crippen LogP contribution in [0.3, 0.4) is 0 Å². The first-order chi connectivity index (χ1) is 21.2. The van der Waals surface area contributed by atoms with Crippen LogP contribution in [-0.4, -0.2) is 56.4 Å². The summed E-state index contributed by atoms with van der Waals surface area (Å²) in [7, 11) is -2.12. The maximum Gasteiger partial charge on any atom is 0.419 e. The van der Waals surface area contributed by atoms with Crippen molar-refractivity contribution in [2.24, 2.45) is 0 Å². The van der Waals surface area contributed by atoms with Crippen LogP contribution in [-0.2, 0) is 28.5 Å². The van der Waals surface area contributed by atoms with Crippen LogP contribution in [0.4, 0.5) is 22.4 Å². The second kappa shape index (κ2) is 16.5. The van der Waals surface area contributed by atoms with Crippen molar-refractivity contribution in [2.45, 2.75) is 97.4 Å². The Hall–Kier alpha value is -3.27. The molecule has 1 amide bonds. The topological polar surface area (TPSA) is 77.5 Å². The summed E-state index contributed by atoms with van der Waals surface area (Å²) in [5, 5.41) is 8.85. The Morgan fingerprint density at radius 3 is 2.22 bits per heavy atom. The number of hydrogen-bond acceptors (Lipinski definition) is 6. The van der Waals surface area contributed by atoms with Gasteiger partial charge >= 0.3 is 12.3 Å². The maximum atomic E-state index is 13.9. The van der Waals surface area contributed by atoms with E-state index in [-0.39, 0.29) is 50.1 Å². The molecule has 0 radical (unpaired) electrons. The first kappa shape index (κ1) is 38.9. The fraction of sp³-hybridized carbons (Fsp3) is 0.559. The van der Waals surface area contributed by atoms with Gasteiger partial charge < -0.3 is 28.6 Å². The van der Waals surface area contributed by atoms with Gasteiger partial charge in [0.1, 0.15) is 29.5 Å². The van der Waals surface area contributed by atoms with E-state index in [1.54, 1.807) is 39.0 Å². The van der Waals surface area contributed by atoms with Gasteiger partial charge in [0, 0.05) is 24.9 Å². The van der Waals surface area contributed by atoms with Crippen LogP contribution >= 0.6 is 0 Å². The lowest BCUT2D eigenvalue weighted by Gasteiger charge is -2.37. The molecule has 0 bridgehead atoms. The normalized spacial score (nSPS) is 12.3. The minimum Gasteiger partial charge on any atom is -0.493 e. The highest BCUT2D eigenvalue weighted by molar-refractivity contribution is 6.74. The minimum atomic E-state index is -4.85. The molecule has 0 spiro atoms. The Bertz CT molecular complexity index is 1360. The summed E-state index contributed by atoms with van der Waals surface area (Å²) in [4.78, 5) is 14.9. The van der Waals surface area contributed by atoms with Gasteiger partial charge in [-0.15, -0.1) is 5.92 Å². The van der Waals surface area contributed by atoms with Crippen molar-refractivity contribution in [3.8, 4) is 23.3 Å². The first-order valence-corrected chi connectivity index (χ1v) is 18.1. The van der Waals surface area contributed by atoms with Crippen molar-refractivity contribution in [2.75, 3.05) is 26.4 Å². The van der Waals surface area contributed by atoms with E-state index in [9.17, 15) is 22.4 Å². The Balaban J connectivity index is 2.39. The van der Waals surface area contributed by atoms with Crippen molar-refractivity contribution in [1.29, 1.82) is 0 Å². The molecule has 0 heterocycles. The van der Waals surface area contributed by atoms with Crippen LogP contribution < -0.4 is 9.47 Å². The van der Waals surface area contributed by atoms with E-state index in [1.807, 2.05) is 0 Å². The van der Waals surface area contributed by atoms with E-state index in [0.717, 1.165) is 12.1 Å². The van der Waals surface area contributed by atoms with E-state index in [4.69, 9.17) is 23.7 Å². The minimum absolute atomic E-state index is 0.0236. The summed E-state index contributed by atoms with van der Waals surface area (Å²) in [5.74, 6) is 5.13. The SMILES string of the molecule is CC(C)(C)OC(=O)N(CCO[Si](C)(C)C(C)(C)C)Cc1cc(OCCC#CCCO)ccc1OCc1ccc(F)c(C(F)(F)F)c1. The fourth-order valence-corrected chi connectivity index (χ4v) is 4.83. The highest BCUT2D eigenvalue weighted by atomic mass is 28.4.